The monoisotopic (exact) mass is 311 g/mol. The Balaban J connectivity index is 2.44. The molecular weight excluding hydrogens is 294 g/mol. The Bertz CT molecular complexity index is 695. The lowest BCUT2D eigenvalue weighted by Crippen LogP contribution is -2.40. The van der Waals surface area contributed by atoms with Crippen LogP contribution in [-0.4, -0.2) is 42.7 Å². The second kappa shape index (κ2) is 5.57. The summed E-state index contributed by atoms with van der Waals surface area (Å²) in [6.07, 6.45) is 1.94. The summed E-state index contributed by atoms with van der Waals surface area (Å²) in [4.78, 5) is 22.8. The minimum atomic E-state index is -3.94. The number of sulfonamides is 1. The van der Waals surface area contributed by atoms with Crippen LogP contribution in [0.3, 0.4) is 0 Å². The van der Waals surface area contributed by atoms with Crippen LogP contribution >= 0.6 is 0 Å². The van der Waals surface area contributed by atoms with Gasteiger partial charge in [-0.25, -0.2) is 8.42 Å². The number of hydrogen-bond acceptors (Lipinski definition) is 4. The number of fused-ring (bicyclic) bond motifs is 1. The summed E-state index contributed by atoms with van der Waals surface area (Å²) in [6, 6.07) is 3.25. The number of carboxylic acid groups (broad SMARTS) is 1. The number of aliphatic carboxylic acids is 1. The Morgan fingerprint density at radius 1 is 1.33 bits per heavy atom. The summed E-state index contributed by atoms with van der Waals surface area (Å²) < 4.78 is 25.6. The smallest absolute Gasteiger partial charge is 0.321 e. The van der Waals surface area contributed by atoms with Gasteiger partial charge in [0.05, 0.1) is 4.90 Å². The maximum absolute atomic E-state index is 12.4. The number of nitrogens with zero attached hydrogens (tertiary/aromatic N) is 1. The number of ketones is 1. The van der Waals surface area contributed by atoms with Crippen molar-refractivity contribution in [1.29, 1.82) is 0 Å². The van der Waals surface area contributed by atoms with E-state index in [2.05, 4.69) is 0 Å². The van der Waals surface area contributed by atoms with Gasteiger partial charge in [0.1, 0.15) is 6.04 Å². The van der Waals surface area contributed by atoms with Crippen molar-refractivity contribution in [2.45, 2.75) is 37.1 Å². The van der Waals surface area contributed by atoms with Crippen LogP contribution in [0.15, 0.2) is 23.1 Å². The minimum absolute atomic E-state index is 0.0490. The normalized spacial score (nSPS) is 16.6. The van der Waals surface area contributed by atoms with Gasteiger partial charge in [-0.2, -0.15) is 4.31 Å². The Labute approximate surface area is 123 Å². The van der Waals surface area contributed by atoms with Crippen molar-refractivity contribution in [1.82, 2.24) is 4.31 Å². The molecular formula is C14H17NO5S. The molecule has 1 atom stereocenters. The number of hydrogen-bond donors (Lipinski definition) is 1. The molecule has 21 heavy (non-hydrogen) atoms. The first-order chi connectivity index (χ1) is 9.75. The molecule has 1 aromatic rings. The number of likely N-dealkylation sites (N-methyl/N-ethyl adjacent to an activating group) is 1. The van der Waals surface area contributed by atoms with E-state index in [0.717, 1.165) is 22.7 Å². The summed E-state index contributed by atoms with van der Waals surface area (Å²) in [5.74, 6) is -1.29. The number of carbonyl (C=O) groups is 2. The van der Waals surface area contributed by atoms with Gasteiger partial charge in [-0.05, 0) is 37.5 Å². The second-order valence-electron chi connectivity index (χ2n) is 5.13. The van der Waals surface area contributed by atoms with E-state index >= 15 is 0 Å². The topological polar surface area (TPSA) is 91.8 Å². The van der Waals surface area contributed by atoms with E-state index in [1.165, 1.54) is 26.1 Å². The highest BCUT2D eigenvalue weighted by Crippen LogP contribution is 2.26. The molecule has 0 saturated heterocycles. The number of aryl methyl sites for hydroxylation is 1. The Morgan fingerprint density at radius 3 is 2.62 bits per heavy atom. The van der Waals surface area contributed by atoms with Crippen LogP contribution in [0.5, 0.6) is 0 Å². The Kier molecular flexibility index (Phi) is 4.15. The molecule has 0 aliphatic heterocycles. The van der Waals surface area contributed by atoms with Crippen LogP contribution in [0.4, 0.5) is 0 Å². The molecule has 0 bridgehead atoms. The lowest BCUT2D eigenvalue weighted by atomic mass is 9.91. The predicted molar refractivity (Wildman–Crippen MR) is 75.8 cm³/mol. The van der Waals surface area contributed by atoms with E-state index in [9.17, 15) is 18.0 Å². The summed E-state index contributed by atoms with van der Waals surface area (Å²) in [5, 5.41) is 8.94. The van der Waals surface area contributed by atoms with Gasteiger partial charge in [-0.15, -0.1) is 0 Å². The largest absolute Gasteiger partial charge is 0.480 e. The van der Waals surface area contributed by atoms with Crippen molar-refractivity contribution in [3.63, 3.8) is 0 Å². The molecule has 2 rings (SSSR count). The van der Waals surface area contributed by atoms with Crippen molar-refractivity contribution >= 4 is 21.8 Å². The van der Waals surface area contributed by atoms with Crippen LogP contribution in [0.2, 0.25) is 0 Å². The third kappa shape index (κ3) is 2.84. The number of benzene rings is 1. The molecule has 0 amide bonds. The summed E-state index contributed by atoms with van der Waals surface area (Å²) >= 11 is 0. The fourth-order valence-corrected chi connectivity index (χ4v) is 3.64. The molecule has 6 nitrogen and oxygen atoms in total. The number of rotatable bonds is 4. The molecule has 1 aliphatic rings. The van der Waals surface area contributed by atoms with Gasteiger partial charge in [0.25, 0.3) is 0 Å². The zero-order valence-electron chi connectivity index (χ0n) is 11.9. The zero-order valence-corrected chi connectivity index (χ0v) is 12.7. The molecule has 0 spiro atoms. The highest BCUT2D eigenvalue weighted by atomic mass is 32.2. The van der Waals surface area contributed by atoms with Gasteiger partial charge in [0, 0.05) is 19.0 Å². The van der Waals surface area contributed by atoms with Crippen LogP contribution in [0, 0.1) is 0 Å². The molecule has 1 unspecified atom stereocenters. The van der Waals surface area contributed by atoms with Gasteiger partial charge in [-0.1, -0.05) is 6.07 Å². The Hall–Kier alpha value is -1.73. The molecule has 1 N–H and O–H groups in total. The zero-order chi connectivity index (χ0) is 15.8. The maximum atomic E-state index is 12.4. The quantitative estimate of drug-likeness (QED) is 0.905. The first kappa shape index (κ1) is 15.7. The molecule has 114 valence electrons. The van der Waals surface area contributed by atoms with Crippen LogP contribution in [0.1, 0.15) is 35.7 Å². The van der Waals surface area contributed by atoms with E-state index in [4.69, 9.17) is 5.11 Å². The summed E-state index contributed by atoms with van der Waals surface area (Å²) in [5.41, 5.74) is 1.28. The predicted octanol–water partition coefficient (Wildman–Crippen LogP) is 1.30. The summed E-state index contributed by atoms with van der Waals surface area (Å²) in [7, 11) is -2.72. The number of carboxylic acids is 1. The van der Waals surface area contributed by atoms with Crippen molar-refractivity contribution < 1.29 is 23.1 Å². The first-order valence-corrected chi connectivity index (χ1v) is 8.06. The van der Waals surface area contributed by atoms with E-state index in [1.807, 2.05) is 0 Å². The van der Waals surface area contributed by atoms with Crippen LogP contribution in [0.25, 0.3) is 0 Å². The fraction of sp³-hybridized carbons (Fsp3) is 0.429. The van der Waals surface area contributed by atoms with Gasteiger partial charge in [0.2, 0.25) is 10.0 Å². The van der Waals surface area contributed by atoms with Gasteiger partial charge < -0.3 is 5.11 Å². The van der Waals surface area contributed by atoms with Crippen molar-refractivity contribution in [3.8, 4) is 0 Å². The third-order valence-electron chi connectivity index (χ3n) is 3.81. The third-order valence-corrected chi connectivity index (χ3v) is 5.74. The van der Waals surface area contributed by atoms with Crippen LogP contribution in [-0.2, 0) is 21.2 Å². The highest BCUT2D eigenvalue weighted by molar-refractivity contribution is 7.89. The lowest BCUT2D eigenvalue weighted by Gasteiger charge is -2.22. The summed E-state index contributed by atoms with van der Waals surface area (Å²) in [6.45, 7) is 1.30. The second-order valence-corrected chi connectivity index (χ2v) is 7.13. The number of carbonyl (C=O) groups excluding carboxylic acids is 1. The van der Waals surface area contributed by atoms with Crippen molar-refractivity contribution in [2.75, 3.05) is 7.05 Å². The van der Waals surface area contributed by atoms with Gasteiger partial charge in [0.15, 0.2) is 5.78 Å². The highest BCUT2D eigenvalue weighted by Gasteiger charge is 2.30. The molecule has 1 aliphatic carbocycles. The average Bonchev–Trinajstić information content (AvgIpc) is 2.45. The average molecular weight is 311 g/mol. The van der Waals surface area contributed by atoms with E-state index in [0.29, 0.717) is 12.0 Å². The fourth-order valence-electron chi connectivity index (χ4n) is 2.30. The van der Waals surface area contributed by atoms with Crippen molar-refractivity contribution in [3.05, 3.63) is 29.3 Å². The molecule has 7 heteroatoms. The van der Waals surface area contributed by atoms with E-state index in [-0.39, 0.29) is 10.7 Å². The van der Waals surface area contributed by atoms with Gasteiger partial charge >= 0.3 is 5.97 Å². The minimum Gasteiger partial charge on any atom is -0.480 e. The molecule has 0 radical (unpaired) electrons. The standard InChI is InChI=1S/C14H17NO5S/c1-9(14(17)18)15(2)21(19,20)11-7-6-10-4-3-5-13(16)12(10)8-11/h6-9H,3-5H2,1-2H3,(H,17,18). The molecule has 0 fully saturated rings. The molecule has 0 saturated carbocycles. The van der Waals surface area contributed by atoms with E-state index in [1.54, 1.807) is 6.07 Å². The molecule has 0 aromatic heterocycles. The lowest BCUT2D eigenvalue weighted by molar-refractivity contribution is -0.140. The van der Waals surface area contributed by atoms with Crippen molar-refractivity contribution in [2.24, 2.45) is 0 Å². The van der Waals surface area contributed by atoms with E-state index < -0.39 is 22.0 Å². The maximum Gasteiger partial charge on any atom is 0.321 e. The molecule has 0 heterocycles. The SMILES string of the molecule is CC(C(=O)O)N(C)S(=O)(=O)c1ccc2c(c1)C(=O)CCC2. The van der Waals surface area contributed by atoms with Crippen LogP contribution < -0.4 is 0 Å². The first-order valence-electron chi connectivity index (χ1n) is 6.62. The van der Waals surface area contributed by atoms with Gasteiger partial charge in [-0.3, -0.25) is 9.59 Å². The number of Topliss-reactive ketones (excluding diaryl/α,β-unsaturated/α-hetero) is 1. The Morgan fingerprint density at radius 2 is 2.00 bits per heavy atom. The molecule has 1 aromatic carbocycles.